The minimum atomic E-state index is -0.595. The Morgan fingerprint density at radius 2 is 1.53 bits per heavy atom. The zero-order valence-electron chi connectivity index (χ0n) is 21.2. The van der Waals surface area contributed by atoms with Crippen LogP contribution in [-0.4, -0.2) is 98.5 Å². The molecular formula is C21H46N8O3S2. The van der Waals surface area contributed by atoms with E-state index in [9.17, 15) is 14.4 Å². The average Bonchev–Trinajstić information content (AvgIpc) is 2.79. The van der Waals surface area contributed by atoms with Crippen molar-refractivity contribution in [2.45, 2.75) is 45.1 Å². The van der Waals surface area contributed by atoms with E-state index in [2.05, 4.69) is 20.9 Å². The molecule has 9 N–H and O–H groups in total. The lowest BCUT2D eigenvalue weighted by Crippen LogP contribution is -2.45. The predicted octanol–water partition coefficient (Wildman–Crippen LogP) is -0.492. The van der Waals surface area contributed by atoms with Crippen LogP contribution in [0.3, 0.4) is 0 Å². The third-order valence-electron chi connectivity index (χ3n) is 4.28. The Morgan fingerprint density at radius 1 is 0.971 bits per heavy atom. The molecular weight excluding hydrogens is 476 g/mol. The highest BCUT2D eigenvalue weighted by Gasteiger charge is 2.13. The van der Waals surface area contributed by atoms with Gasteiger partial charge in [0, 0.05) is 50.5 Å². The van der Waals surface area contributed by atoms with Gasteiger partial charge in [-0.25, -0.2) is 0 Å². The number of thioether (sulfide) groups is 2. The number of rotatable bonds is 18. The maximum absolute atomic E-state index is 11.9. The minimum absolute atomic E-state index is 0.0126. The molecule has 1 unspecified atom stereocenters. The number of guanidine groups is 1. The first-order valence-corrected chi connectivity index (χ1v) is 14.2. The fraction of sp³-hybridized carbons (Fsp3) is 0.810. The van der Waals surface area contributed by atoms with E-state index in [1.165, 1.54) is 0 Å². The molecule has 34 heavy (non-hydrogen) atoms. The standard InChI is InChI=1S/C14H31N7O2S.C7H15NOS/c1-21(8-5-12(22)18-7-9-24-2)10-20-13(23)11(15)4-3-6-19-14(16)17;1-3-4-7(9)8-5-6-10-2/h11H,3-10,15H2,1-2H3,(H,18,22)(H,20,23)(H4,16,17,19);3-6H2,1-2H3,(H,8,9). The predicted molar refractivity (Wildman–Crippen MR) is 146 cm³/mol. The van der Waals surface area contributed by atoms with Crippen LogP contribution >= 0.6 is 23.5 Å². The van der Waals surface area contributed by atoms with E-state index in [-0.39, 0.29) is 23.7 Å². The number of nitrogens with one attached hydrogen (secondary N) is 3. The molecule has 13 heteroatoms. The van der Waals surface area contributed by atoms with Crippen LogP contribution in [0.25, 0.3) is 0 Å². The van der Waals surface area contributed by atoms with Crippen LogP contribution < -0.4 is 33.2 Å². The quantitative estimate of drug-likeness (QED) is 0.0599. The molecule has 0 aliphatic carbocycles. The van der Waals surface area contributed by atoms with Gasteiger partial charge in [0.25, 0.3) is 0 Å². The number of hydrogen-bond donors (Lipinski definition) is 6. The normalized spacial score (nSPS) is 11.1. The molecule has 0 aromatic carbocycles. The highest BCUT2D eigenvalue weighted by atomic mass is 32.2. The Balaban J connectivity index is 0. The van der Waals surface area contributed by atoms with Crippen molar-refractivity contribution in [3.63, 3.8) is 0 Å². The summed E-state index contributed by atoms with van der Waals surface area (Å²) in [5.74, 6) is 1.91. The van der Waals surface area contributed by atoms with E-state index in [0.29, 0.717) is 52.0 Å². The maximum Gasteiger partial charge on any atom is 0.237 e. The van der Waals surface area contributed by atoms with Crippen molar-refractivity contribution < 1.29 is 14.4 Å². The number of nitrogens with zero attached hydrogens (tertiary/aromatic N) is 2. The molecule has 0 rings (SSSR count). The van der Waals surface area contributed by atoms with Crippen LogP contribution in [-0.2, 0) is 14.4 Å². The number of amides is 3. The van der Waals surface area contributed by atoms with Crippen LogP contribution in [0.1, 0.15) is 39.0 Å². The van der Waals surface area contributed by atoms with Crippen LogP contribution in [0.2, 0.25) is 0 Å². The van der Waals surface area contributed by atoms with E-state index < -0.39 is 6.04 Å². The van der Waals surface area contributed by atoms with Crippen LogP contribution in [0.15, 0.2) is 4.99 Å². The molecule has 3 amide bonds. The van der Waals surface area contributed by atoms with Gasteiger partial charge < -0.3 is 33.2 Å². The Morgan fingerprint density at radius 3 is 2.03 bits per heavy atom. The second-order valence-corrected chi connectivity index (χ2v) is 9.49. The molecule has 0 saturated heterocycles. The van der Waals surface area contributed by atoms with Crippen molar-refractivity contribution in [3.05, 3.63) is 0 Å². The molecule has 0 bridgehead atoms. The van der Waals surface area contributed by atoms with Crippen molar-refractivity contribution in [3.8, 4) is 0 Å². The van der Waals surface area contributed by atoms with Crippen molar-refractivity contribution in [2.75, 3.05) is 63.9 Å². The second kappa shape index (κ2) is 24.4. The third-order valence-corrected chi connectivity index (χ3v) is 5.51. The van der Waals surface area contributed by atoms with Crippen LogP contribution in [0.5, 0.6) is 0 Å². The molecule has 0 aromatic rings. The molecule has 0 fully saturated rings. The summed E-state index contributed by atoms with van der Waals surface area (Å²) >= 11 is 3.43. The van der Waals surface area contributed by atoms with Crippen molar-refractivity contribution in [1.29, 1.82) is 0 Å². The van der Waals surface area contributed by atoms with Gasteiger partial charge in [-0.2, -0.15) is 23.5 Å². The lowest BCUT2D eigenvalue weighted by Gasteiger charge is -2.19. The molecule has 0 saturated carbocycles. The van der Waals surface area contributed by atoms with Gasteiger partial charge in [-0.15, -0.1) is 0 Å². The van der Waals surface area contributed by atoms with E-state index in [0.717, 1.165) is 24.5 Å². The summed E-state index contributed by atoms with van der Waals surface area (Å²) in [6.07, 6.45) is 7.16. The Bertz CT molecular complexity index is 578. The highest BCUT2D eigenvalue weighted by molar-refractivity contribution is 7.98. The van der Waals surface area contributed by atoms with Crippen LogP contribution in [0.4, 0.5) is 0 Å². The zero-order valence-corrected chi connectivity index (χ0v) is 22.9. The molecule has 0 radical (unpaired) electrons. The lowest BCUT2D eigenvalue weighted by atomic mass is 10.1. The topological polar surface area (TPSA) is 181 Å². The fourth-order valence-corrected chi connectivity index (χ4v) is 2.97. The summed E-state index contributed by atoms with van der Waals surface area (Å²) in [6.45, 7) is 4.85. The van der Waals surface area contributed by atoms with Crippen molar-refractivity contribution >= 4 is 47.2 Å². The molecule has 11 nitrogen and oxygen atoms in total. The lowest BCUT2D eigenvalue weighted by molar-refractivity contribution is -0.123. The van der Waals surface area contributed by atoms with Gasteiger partial charge >= 0.3 is 0 Å². The second-order valence-electron chi connectivity index (χ2n) is 7.52. The van der Waals surface area contributed by atoms with Gasteiger partial charge in [-0.05, 0) is 38.8 Å². The number of carbonyl (C=O) groups excluding carboxylic acids is 3. The number of carbonyl (C=O) groups is 3. The Kier molecular flexibility index (Phi) is 24.8. The van der Waals surface area contributed by atoms with Gasteiger partial charge in [0.1, 0.15) is 0 Å². The summed E-state index contributed by atoms with van der Waals surface area (Å²) in [7, 11) is 1.83. The van der Waals surface area contributed by atoms with Crippen molar-refractivity contribution in [2.24, 2.45) is 22.2 Å². The first-order chi connectivity index (χ1) is 16.2. The first kappa shape index (κ1) is 34.5. The molecule has 0 aliphatic rings. The Labute approximate surface area is 213 Å². The van der Waals surface area contributed by atoms with Gasteiger partial charge in [0.15, 0.2) is 5.96 Å². The van der Waals surface area contributed by atoms with E-state index in [1.54, 1.807) is 23.5 Å². The average molecular weight is 523 g/mol. The molecule has 0 aliphatic heterocycles. The summed E-state index contributed by atoms with van der Waals surface area (Å²) < 4.78 is 0. The monoisotopic (exact) mass is 522 g/mol. The summed E-state index contributed by atoms with van der Waals surface area (Å²) in [4.78, 5) is 39.9. The minimum Gasteiger partial charge on any atom is -0.370 e. The maximum atomic E-state index is 11.9. The van der Waals surface area contributed by atoms with Gasteiger partial charge in [-0.1, -0.05) is 6.92 Å². The number of aliphatic imine (C=N–C) groups is 1. The van der Waals surface area contributed by atoms with Gasteiger partial charge in [0.2, 0.25) is 17.7 Å². The number of nitrogens with two attached hydrogens (primary N) is 3. The van der Waals surface area contributed by atoms with E-state index in [4.69, 9.17) is 17.2 Å². The summed E-state index contributed by atoms with van der Waals surface area (Å²) in [5, 5.41) is 8.41. The van der Waals surface area contributed by atoms with E-state index in [1.807, 2.05) is 31.4 Å². The molecule has 0 heterocycles. The third kappa shape index (κ3) is 24.9. The molecule has 200 valence electrons. The number of hydrogen-bond acceptors (Lipinski definition) is 8. The van der Waals surface area contributed by atoms with Gasteiger partial charge in [-0.3, -0.25) is 24.3 Å². The SMILES string of the molecule is CCCC(=O)NCCSC.CSCCNC(=O)CCN(C)CNC(=O)C(N)CCCN=C(N)N. The van der Waals surface area contributed by atoms with E-state index >= 15 is 0 Å². The molecule has 0 aromatic heterocycles. The fourth-order valence-electron chi connectivity index (χ4n) is 2.35. The first-order valence-electron chi connectivity index (χ1n) is 11.5. The molecule has 0 spiro atoms. The largest absolute Gasteiger partial charge is 0.370 e. The molecule has 1 atom stereocenters. The summed E-state index contributed by atoms with van der Waals surface area (Å²) in [5.41, 5.74) is 16.2. The van der Waals surface area contributed by atoms with Crippen molar-refractivity contribution in [1.82, 2.24) is 20.9 Å². The van der Waals surface area contributed by atoms with Crippen LogP contribution in [0, 0.1) is 0 Å². The smallest absolute Gasteiger partial charge is 0.237 e. The Hall–Kier alpha value is -1.70. The van der Waals surface area contributed by atoms with Gasteiger partial charge in [0.05, 0.1) is 12.7 Å². The zero-order chi connectivity index (χ0) is 26.2. The summed E-state index contributed by atoms with van der Waals surface area (Å²) in [6, 6.07) is -0.595. The highest BCUT2D eigenvalue weighted by Crippen LogP contribution is 1.96.